The lowest BCUT2D eigenvalue weighted by Crippen LogP contribution is -2.23. The predicted molar refractivity (Wildman–Crippen MR) is 56.3 cm³/mol. The molecule has 0 aliphatic rings. The van der Waals surface area contributed by atoms with Crippen LogP contribution in [0.1, 0.15) is 39.4 Å². The molecule has 0 bridgehead atoms. The van der Waals surface area contributed by atoms with Gasteiger partial charge in [-0.2, -0.15) is 4.98 Å². The van der Waals surface area contributed by atoms with Crippen LogP contribution in [-0.4, -0.2) is 23.3 Å². The van der Waals surface area contributed by atoms with Crippen molar-refractivity contribution in [3.05, 3.63) is 11.7 Å². The van der Waals surface area contributed by atoms with Gasteiger partial charge in [-0.3, -0.25) is 0 Å². The summed E-state index contributed by atoms with van der Waals surface area (Å²) in [6, 6.07) is 0.399. The van der Waals surface area contributed by atoms with Gasteiger partial charge in [0.1, 0.15) is 5.60 Å². The molecule has 1 rings (SSSR count). The van der Waals surface area contributed by atoms with E-state index in [9.17, 15) is 0 Å². The lowest BCUT2D eigenvalue weighted by molar-refractivity contribution is 0.00973. The first-order valence-corrected chi connectivity index (χ1v) is 5.07. The van der Waals surface area contributed by atoms with E-state index >= 15 is 0 Å². The van der Waals surface area contributed by atoms with Gasteiger partial charge in [0.25, 0.3) is 0 Å². The summed E-state index contributed by atoms with van der Waals surface area (Å²) in [5, 5.41) is 7.09. The van der Waals surface area contributed by atoms with Crippen LogP contribution in [0.5, 0.6) is 0 Å². The lowest BCUT2D eigenvalue weighted by atomic mass is 10.1. The third-order valence-electron chi connectivity index (χ3n) is 2.18. The molecule has 0 atom stereocenters. The van der Waals surface area contributed by atoms with Crippen molar-refractivity contribution in [3.8, 4) is 0 Å². The molecule has 0 aliphatic carbocycles. The molecule has 0 saturated carbocycles. The Morgan fingerprint density at radius 2 is 2.13 bits per heavy atom. The van der Waals surface area contributed by atoms with Gasteiger partial charge in [0.2, 0.25) is 11.7 Å². The minimum absolute atomic E-state index is 0.399. The van der Waals surface area contributed by atoms with E-state index < -0.39 is 5.60 Å². The SMILES string of the molecule is COC(C)(C)c1noc(CNC(C)C)n1. The minimum atomic E-state index is -0.500. The normalized spacial score (nSPS) is 12.4. The second-order valence-electron chi connectivity index (χ2n) is 4.26. The van der Waals surface area contributed by atoms with Gasteiger partial charge in [0.15, 0.2) is 0 Å². The summed E-state index contributed by atoms with van der Waals surface area (Å²) in [5.74, 6) is 1.16. The average molecular weight is 213 g/mol. The van der Waals surface area contributed by atoms with Gasteiger partial charge in [-0.15, -0.1) is 0 Å². The fourth-order valence-corrected chi connectivity index (χ4v) is 0.954. The van der Waals surface area contributed by atoms with Crippen LogP contribution >= 0.6 is 0 Å². The van der Waals surface area contributed by atoms with Gasteiger partial charge in [0.05, 0.1) is 6.54 Å². The molecule has 86 valence electrons. The van der Waals surface area contributed by atoms with Gasteiger partial charge in [-0.25, -0.2) is 0 Å². The van der Waals surface area contributed by atoms with Crippen LogP contribution in [-0.2, 0) is 16.9 Å². The van der Waals surface area contributed by atoms with Crippen molar-refractivity contribution in [1.29, 1.82) is 0 Å². The summed E-state index contributed by atoms with van der Waals surface area (Å²) >= 11 is 0. The van der Waals surface area contributed by atoms with Crippen LogP contribution in [0.25, 0.3) is 0 Å². The zero-order valence-corrected chi connectivity index (χ0v) is 10.00. The smallest absolute Gasteiger partial charge is 0.240 e. The third kappa shape index (κ3) is 3.28. The van der Waals surface area contributed by atoms with Gasteiger partial charge in [0, 0.05) is 13.2 Å². The monoisotopic (exact) mass is 213 g/mol. The maximum absolute atomic E-state index is 5.26. The van der Waals surface area contributed by atoms with Crippen molar-refractivity contribution in [1.82, 2.24) is 15.5 Å². The summed E-state index contributed by atoms with van der Waals surface area (Å²) < 4.78 is 10.4. The summed E-state index contributed by atoms with van der Waals surface area (Å²) in [7, 11) is 1.63. The summed E-state index contributed by atoms with van der Waals surface area (Å²) in [5.41, 5.74) is -0.500. The second-order valence-corrected chi connectivity index (χ2v) is 4.26. The summed E-state index contributed by atoms with van der Waals surface area (Å²) in [4.78, 5) is 4.26. The fraction of sp³-hybridized carbons (Fsp3) is 0.800. The third-order valence-corrected chi connectivity index (χ3v) is 2.18. The zero-order chi connectivity index (χ0) is 11.5. The molecule has 0 unspecified atom stereocenters. The maximum atomic E-state index is 5.26. The Labute approximate surface area is 90.2 Å². The van der Waals surface area contributed by atoms with E-state index in [4.69, 9.17) is 9.26 Å². The Bertz CT molecular complexity index is 307. The predicted octanol–water partition coefficient (Wildman–Crippen LogP) is 1.45. The van der Waals surface area contributed by atoms with Crippen LogP contribution in [0.2, 0.25) is 0 Å². The Morgan fingerprint density at radius 1 is 1.47 bits per heavy atom. The molecule has 5 nitrogen and oxygen atoms in total. The Morgan fingerprint density at radius 3 is 2.67 bits per heavy atom. The standard InChI is InChI=1S/C10H19N3O2/c1-7(2)11-6-8-12-9(13-15-8)10(3,4)14-5/h7,11H,6H2,1-5H3. The number of rotatable bonds is 5. The van der Waals surface area contributed by atoms with Crippen LogP contribution < -0.4 is 5.32 Å². The number of ether oxygens (including phenoxy) is 1. The number of aromatic nitrogens is 2. The number of hydrogen-bond acceptors (Lipinski definition) is 5. The number of nitrogens with zero attached hydrogens (tertiary/aromatic N) is 2. The van der Waals surface area contributed by atoms with Gasteiger partial charge < -0.3 is 14.6 Å². The molecule has 1 heterocycles. The molecule has 1 aromatic heterocycles. The molecule has 0 aromatic carbocycles. The van der Waals surface area contributed by atoms with E-state index in [1.54, 1.807) is 7.11 Å². The second kappa shape index (κ2) is 4.72. The summed E-state index contributed by atoms with van der Waals surface area (Å²) in [6.45, 7) is 8.52. The van der Waals surface area contributed by atoms with Crippen LogP contribution in [0.15, 0.2) is 4.52 Å². The minimum Gasteiger partial charge on any atom is -0.371 e. The van der Waals surface area contributed by atoms with Crippen LogP contribution in [0.3, 0.4) is 0 Å². The Kier molecular flexibility index (Phi) is 3.82. The maximum Gasteiger partial charge on any atom is 0.240 e. The van der Waals surface area contributed by atoms with Crippen molar-refractivity contribution >= 4 is 0 Å². The first kappa shape index (κ1) is 12.1. The molecule has 5 heteroatoms. The topological polar surface area (TPSA) is 60.2 Å². The number of hydrogen-bond donors (Lipinski definition) is 1. The lowest BCUT2D eigenvalue weighted by Gasteiger charge is -2.17. The van der Waals surface area contributed by atoms with Crippen LogP contribution in [0.4, 0.5) is 0 Å². The molecule has 0 saturated heterocycles. The highest BCUT2D eigenvalue weighted by Gasteiger charge is 2.25. The molecular formula is C10H19N3O2. The van der Waals surface area contributed by atoms with Crippen molar-refractivity contribution in [2.24, 2.45) is 0 Å². The van der Waals surface area contributed by atoms with Crippen LogP contribution in [0, 0.1) is 0 Å². The van der Waals surface area contributed by atoms with E-state index in [0.29, 0.717) is 24.3 Å². The van der Waals surface area contributed by atoms with E-state index in [1.165, 1.54) is 0 Å². The highest BCUT2D eigenvalue weighted by Crippen LogP contribution is 2.20. The molecule has 0 aliphatic heterocycles. The van der Waals surface area contributed by atoms with Gasteiger partial charge in [-0.1, -0.05) is 19.0 Å². The highest BCUT2D eigenvalue weighted by atomic mass is 16.5. The molecule has 1 aromatic rings. The van der Waals surface area contributed by atoms with Crippen molar-refractivity contribution in [3.63, 3.8) is 0 Å². The molecule has 0 amide bonds. The van der Waals surface area contributed by atoms with Gasteiger partial charge in [-0.05, 0) is 13.8 Å². The molecule has 0 spiro atoms. The first-order chi connectivity index (χ1) is 6.95. The van der Waals surface area contributed by atoms with Gasteiger partial charge >= 0.3 is 0 Å². The zero-order valence-electron chi connectivity index (χ0n) is 10.00. The van der Waals surface area contributed by atoms with Crippen molar-refractivity contribution < 1.29 is 9.26 Å². The number of nitrogens with one attached hydrogen (secondary N) is 1. The fourth-order valence-electron chi connectivity index (χ4n) is 0.954. The quantitative estimate of drug-likeness (QED) is 0.802. The highest BCUT2D eigenvalue weighted by molar-refractivity contribution is 4.97. The van der Waals surface area contributed by atoms with E-state index in [2.05, 4.69) is 29.3 Å². The first-order valence-electron chi connectivity index (χ1n) is 5.07. The molecule has 0 fully saturated rings. The van der Waals surface area contributed by atoms with E-state index in [-0.39, 0.29) is 0 Å². The molecule has 1 N–H and O–H groups in total. The largest absolute Gasteiger partial charge is 0.371 e. The Hall–Kier alpha value is -0.940. The molecule has 15 heavy (non-hydrogen) atoms. The van der Waals surface area contributed by atoms with Crippen molar-refractivity contribution in [2.75, 3.05) is 7.11 Å². The average Bonchev–Trinajstić information content (AvgIpc) is 2.63. The molecular weight excluding hydrogens is 194 g/mol. The van der Waals surface area contributed by atoms with Crippen molar-refractivity contribution in [2.45, 2.75) is 45.9 Å². The Balaban J connectivity index is 2.64. The van der Waals surface area contributed by atoms with E-state index in [0.717, 1.165) is 0 Å². The molecule has 0 radical (unpaired) electrons. The summed E-state index contributed by atoms with van der Waals surface area (Å²) in [6.07, 6.45) is 0. The number of methoxy groups -OCH3 is 1. The van der Waals surface area contributed by atoms with E-state index in [1.807, 2.05) is 13.8 Å².